The Labute approximate surface area is 139 Å². The van der Waals surface area contributed by atoms with Crippen LogP contribution in [0.4, 0.5) is 0 Å². The second kappa shape index (κ2) is 6.44. The fraction of sp³-hybridized carbons (Fsp3) is 0.167. The lowest BCUT2D eigenvalue weighted by Gasteiger charge is -2.13. The summed E-state index contributed by atoms with van der Waals surface area (Å²) in [6.45, 7) is 0.127. The summed E-state index contributed by atoms with van der Waals surface area (Å²) in [5.74, 6) is -0.296. The van der Waals surface area contributed by atoms with Crippen molar-refractivity contribution >= 4 is 28.4 Å². The molecule has 0 aliphatic rings. The number of benzene rings is 2. The van der Waals surface area contributed by atoms with Gasteiger partial charge in [0, 0.05) is 25.3 Å². The van der Waals surface area contributed by atoms with Gasteiger partial charge in [0.2, 0.25) is 0 Å². The highest BCUT2D eigenvalue weighted by molar-refractivity contribution is 6.33. The van der Waals surface area contributed by atoms with Crippen LogP contribution in [0.1, 0.15) is 22.0 Å². The second-order valence-corrected chi connectivity index (χ2v) is 5.86. The topological polar surface area (TPSA) is 54.3 Å². The number of nitrogens with one attached hydrogen (secondary N) is 1. The lowest BCUT2D eigenvalue weighted by molar-refractivity contribution is 0.0916. The minimum atomic E-state index is -0.772. The first-order valence-corrected chi connectivity index (χ1v) is 7.70. The molecule has 3 aromatic rings. The second-order valence-electron chi connectivity index (χ2n) is 5.45. The Hall–Kier alpha value is -2.30. The Balaban J connectivity index is 1.69. The Morgan fingerprint density at radius 3 is 2.83 bits per heavy atom. The van der Waals surface area contributed by atoms with Crippen molar-refractivity contribution in [3.05, 3.63) is 70.9 Å². The van der Waals surface area contributed by atoms with Crippen molar-refractivity contribution in [2.75, 3.05) is 6.54 Å². The quantitative estimate of drug-likeness (QED) is 0.772. The summed E-state index contributed by atoms with van der Waals surface area (Å²) >= 11 is 5.99. The van der Waals surface area contributed by atoms with Gasteiger partial charge in [0.15, 0.2) is 0 Å². The molecule has 0 spiro atoms. The molecule has 4 nitrogen and oxygen atoms in total. The number of amides is 1. The summed E-state index contributed by atoms with van der Waals surface area (Å²) in [7, 11) is 1.97. The van der Waals surface area contributed by atoms with Crippen LogP contribution < -0.4 is 5.32 Å². The number of hydrogen-bond acceptors (Lipinski definition) is 2. The van der Waals surface area contributed by atoms with Crippen molar-refractivity contribution in [1.82, 2.24) is 9.88 Å². The smallest absolute Gasteiger partial charge is 0.252 e. The van der Waals surface area contributed by atoms with E-state index in [1.54, 1.807) is 24.3 Å². The van der Waals surface area contributed by atoms with Gasteiger partial charge >= 0.3 is 0 Å². The largest absolute Gasteiger partial charge is 0.387 e. The number of halogens is 1. The number of hydrogen-bond donors (Lipinski definition) is 2. The van der Waals surface area contributed by atoms with Gasteiger partial charge in [-0.3, -0.25) is 4.79 Å². The number of aliphatic hydroxyl groups is 1. The molecule has 1 heterocycles. The van der Waals surface area contributed by atoms with Crippen LogP contribution in [0.2, 0.25) is 5.02 Å². The summed E-state index contributed by atoms with van der Waals surface area (Å²) in [6, 6.07) is 14.6. The molecular weight excluding hydrogens is 312 g/mol. The summed E-state index contributed by atoms with van der Waals surface area (Å²) in [6.07, 6.45) is 1.20. The predicted octanol–water partition coefficient (Wildman–Crippen LogP) is 3.30. The van der Waals surface area contributed by atoms with Gasteiger partial charge in [0.25, 0.3) is 5.91 Å². The molecule has 23 heavy (non-hydrogen) atoms. The number of carbonyl (C=O) groups excluding carboxylic acids is 1. The zero-order valence-corrected chi connectivity index (χ0v) is 13.4. The molecule has 2 N–H and O–H groups in total. The molecule has 118 valence electrons. The molecule has 1 atom stereocenters. The van der Waals surface area contributed by atoms with Crippen molar-refractivity contribution < 1.29 is 9.90 Å². The lowest BCUT2D eigenvalue weighted by Crippen LogP contribution is -2.28. The average molecular weight is 329 g/mol. The lowest BCUT2D eigenvalue weighted by atomic mass is 10.1. The first kappa shape index (κ1) is 15.6. The van der Waals surface area contributed by atoms with Crippen LogP contribution in [0.5, 0.6) is 0 Å². The van der Waals surface area contributed by atoms with Crippen LogP contribution >= 0.6 is 11.6 Å². The van der Waals surface area contributed by atoms with E-state index in [-0.39, 0.29) is 12.5 Å². The number of aryl methyl sites for hydroxylation is 1. The van der Waals surface area contributed by atoms with E-state index in [1.165, 1.54) is 0 Å². The third-order valence-electron chi connectivity index (χ3n) is 3.87. The van der Waals surface area contributed by atoms with Crippen LogP contribution in [-0.4, -0.2) is 22.1 Å². The molecule has 0 aliphatic carbocycles. The molecular formula is C18H17ClN2O2. The highest BCUT2D eigenvalue weighted by Gasteiger charge is 2.13. The number of rotatable bonds is 4. The van der Waals surface area contributed by atoms with Gasteiger partial charge in [-0.2, -0.15) is 0 Å². The maximum absolute atomic E-state index is 12.1. The summed E-state index contributed by atoms with van der Waals surface area (Å²) in [5, 5.41) is 14.5. The molecule has 3 rings (SSSR count). The van der Waals surface area contributed by atoms with Crippen molar-refractivity contribution in [1.29, 1.82) is 0 Å². The molecule has 0 radical (unpaired) electrons. The zero-order chi connectivity index (χ0) is 16.4. The van der Waals surface area contributed by atoms with Crippen LogP contribution in [0.3, 0.4) is 0 Å². The van der Waals surface area contributed by atoms with E-state index in [4.69, 9.17) is 11.6 Å². The third-order valence-corrected chi connectivity index (χ3v) is 4.20. The highest BCUT2D eigenvalue weighted by Crippen LogP contribution is 2.21. The number of carbonyl (C=O) groups is 1. The standard InChI is InChI=1S/C18H17ClN2O2/c1-21-9-8-12-10-13(6-7-16(12)21)17(22)11-20-18(23)14-4-2-3-5-15(14)19/h2-10,17,22H,11H2,1H3,(H,20,23). The SMILES string of the molecule is Cn1ccc2cc(C(O)CNC(=O)c3ccccc3Cl)ccc21. The van der Waals surface area contributed by atoms with E-state index in [1.807, 2.05) is 42.1 Å². The normalized spacial score (nSPS) is 12.3. The molecule has 5 heteroatoms. The monoisotopic (exact) mass is 328 g/mol. The molecule has 0 fully saturated rings. The van der Waals surface area contributed by atoms with E-state index >= 15 is 0 Å². The van der Waals surface area contributed by atoms with Crippen molar-refractivity contribution in [3.8, 4) is 0 Å². The Morgan fingerprint density at radius 1 is 1.26 bits per heavy atom. The van der Waals surface area contributed by atoms with Crippen molar-refractivity contribution in [2.24, 2.45) is 7.05 Å². The van der Waals surface area contributed by atoms with Crippen LogP contribution in [0.25, 0.3) is 10.9 Å². The Bertz CT molecular complexity index is 857. The first-order chi connectivity index (χ1) is 11.1. The Kier molecular flexibility index (Phi) is 4.37. The number of fused-ring (bicyclic) bond motifs is 1. The van der Waals surface area contributed by atoms with Crippen LogP contribution in [0.15, 0.2) is 54.7 Å². The van der Waals surface area contributed by atoms with Gasteiger partial charge in [0.1, 0.15) is 0 Å². The van der Waals surface area contributed by atoms with E-state index in [2.05, 4.69) is 5.32 Å². The van der Waals surface area contributed by atoms with Gasteiger partial charge in [-0.15, -0.1) is 0 Å². The third kappa shape index (κ3) is 3.23. The average Bonchev–Trinajstić information content (AvgIpc) is 2.93. The van der Waals surface area contributed by atoms with E-state index in [9.17, 15) is 9.90 Å². The van der Waals surface area contributed by atoms with Crippen molar-refractivity contribution in [3.63, 3.8) is 0 Å². The fourth-order valence-corrected chi connectivity index (χ4v) is 2.78. The number of aliphatic hydroxyl groups excluding tert-OH is 1. The molecule has 2 aromatic carbocycles. The van der Waals surface area contributed by atoms with E-state index in [0.717, 1.165) is 16.5 Å². The molecule has 0 aliphatic heterocycles. The summed E-state index contributed by atoms with van der Waals surface area (Å²) < 4.78 is 2.02. The predicted molar refractivity (Wildman–Crippen MR) is 91.7 cm³/mol. The van der Waals surface area contributed by atoms with Gasteiger partial charge in [-0.1, -0.05) is 29.8 Å². The first-order valence-electron chi connectivity index (χ1n) is 7.32. The molecule has 0 bridgehead atoms. The van der Waals surface area contributed by atoms with Crippen molar-refractivity contribution in [2.45, 2.75) is 6.10 Å². The Morgan fingerprint density at radius 2 is 2.04 bits per heavy atom. The fourth-order valence-electron chi connectivity index (χ4n) is 2.56. The molecule has 1 unspecified atom stereocenters. The van der Waals surface area contributed by atoms with Crippen LogP contribution in [0, 0.1) is 0 Å². The summed E-state index contributed by atoms with van der Waals surface area (Å²) in [4.78, 5) is 12.1. The molecule has 1 aromatic heterocycles. The van der Waals surface area contributed by atoms with Gasteiger partial charge in [-0.25, -0.2) is 0 Å². The van der Waals surface area contributed by atoms with E-state index in [0.29, 0.717) is 10.6 Å². The maximum Gasteiger partial charge on any atom is 0.252 e. The van der Waals surface area contributed by atoms with E-state index < -0.39 is 6.10 Å². The number of aromatic nitrogens is 1. The van der Waals surface area contributed by atoms with Gasteiger partial charge in [-0.05, 0) is 41.3 Å². The van der Waals surface area contributed by atoms with Crippen LogP contribution in [-0.2, 0) is 7.05 Å². The maximum atomic E-state index is 12.1. The van der Waals surface area contributed by atoms with Gasteiger partial charge in [0.05, 0.1) is 16.7 Å². The molecule has 1 amide bonds. The highest BCUT2D eigenvalue weighted by atomic mass is 35.5. The van der Waals surface area contributed by atoms with Gasteiger partial charge < -0.3 is 15.0 Å². The number of nitrogens with zero attached hydrogens (tertiary/aromatic N) is 1. The minimum Gasteiger partial charge on any atom is -0.387 e. The zero-order valence-electron chi connectivity index (χ0n) is 12.7. The molecule has 0 saturated heterocycles. The summed E-state index contributed by atoms with van der Waals surface area (Å²) in [5.41, 5.74) is 2.27. The minimum absolute atomic E-state index is 0.127. The molecule has 0 saturated carbocycles.